The minimum Gasteiger partial charge on any atom is -0.343 e. The fourth-order valence-corrected chi connectivity index (χ4v) is 2.72. The molecule has 3 nitrogen and oxygen atoms in total. The van der Waals surface area contributed by atoms with E-state index in [1.54, 1.807) is 0 Å². The molecule has 2 aliphatic heterocycles. The van der Waals surface area contributed by atoms with Crippen molar-refractivity contribution >= 4 is 5.91 Å². The Kier molecular flexibility index (Phi) is 7.33. The summed E-state index contributed by atoms with van der Waals surface area (Å²) in [5.41, 5.74) is 0. The fourth-order valence-electron chi connectivity index (χ4n) is 2.72. The molecule has 0 aromatic rings. The molecular weight excluding hydrogens is 224 g/mol. The highest BCUT2D eigenvalue weighted by molar-refractivity contribution is 5.76. The van der Waals surface area contributed by atoms with Gasteiger partial charge in [0.05, 0.1) is 0 Å². The molecule has 106 valence electrons. The number of rotatable bonds is 2. The van der Waals surface area contributed by atoms with Crippen LogP contribution in [0.1, 0.15) is 52.9 Å². The third kappa shape index (κ3) is 4.97. The summed E-state index contributed by atoms with van der Waals surface area (Å²) in [6.07, 6.45) is 5.53. The minimum absolute atomic E-state index is 0.402. The monoisotopic (exact) mass is 254 g/mol. The number of carbonyl (C=O) groups is 1. The van der Waals surface area contributed by atoms with Crippen molar-refractivity contribution in [3.8, 4) is 0 Å². The van der Waals surface area contributed by atoms with Crippen LogP contribution in [0.4, 0.5) is 0 Å². The van der Waals surface area contributed by atoms with Gasteiger partial charge in [-0.05, 0) is 50.6 Å². The molecule has 2 aliphatic rings. The number of amides is 1. The number of piperidine rings is 2. The van der Waals surface area contributed by atoms with Crippen molar-refractivity contribution in [1.82, 2.24) is 10.2 Å². The van der Waals surface area contributed by atoms with Crippen LogP contribution in [0.3, 0.4) is 0 Å². The standard InChI is InChI=1S/C13H24N2O.C2H6/c1-11-4-8-15(9-5-11)13(16)10-12-2-6-14-7-3-12;1-2/h11-12,14H,2-10H2,1H3;1-2H3. The summed E-state index contributed by atoms with van der Waals surface area (Å²) in [5, 5.41) is 3.35. The Labute approximate surface area is 112 Å². The first kappa shape index (κ1) is 15.5. The van der Waals surface area contributed by atoms with E-state index in [9.17, 15) is 4.79 Å². The van der Waals surface area contributed by atoms with Gasteiger partial charge in [0.1, 0.15) is 0 Å². The first-order chi connectivity index (χ1) is 8.75. The molecule has 0 atom stereocenters. The molecule has 18 heavy (non-hydrogen) atoms. The maximum Gasteiger partial charge on any atom is 0.222 e. The van der Waals surface area contributed by atoms with Crippen LogP contribution in [0.5, 0.6) is 0 Å². The van der Waals surface area contributed by atoms with Crippen molar-refractivity contribution in [3.05, 3.63) is 0 Å². The maximum atomic E-state index is 12.1. The molecular formula is C15H30N2O. The Morgan fingerprint density at radius 1 is 1.11 bits per heavy atom. The number of nitrogens with zero attached hydrogens (tertiary/aromatic N) is 1. The largest absolute Gasteiger partial charge is 0.343 e. The van der Waals surface area contributed by atoms with Crippen LogP contribution in [0.2, 0.25) is 0 Å². The molecule has 2 heterocycles. The first-order valence-electron chi connectivity index (χ1n) is 7.74. The second-order valence-electron chi connectivity index (χ2n) is 5.46. The molecule has 3 heteroatoms. The van der Waals surface area contributed by atoms with Gasteiger partial charge in [-0.15, -0.1) is 0 Å². The van der Waals surface area contributed by atoms with E-state index in [1.165, 1.54) is 25.7 Å². The highest BCUT2D eigenvalue weighted by Gasteiger charge is 2.23. The lowest BCUT2D eigenvalue weighted by molar-refractivity contribution is -0.133. The van der Waals surface area contributed by atoms with E-state index in [0.717, 1.165) is 38.5 Å². The quantitative estimate of drug-likeness (QED) is 0.821. The van der Waals surface area contributed by atoms with Crippen LogP contribution in [-0.2, 0) is 4.79 Å². The van der Waals surface area contributed by atoms with Gasteiger partial charge in [-0.1, -0.05) is 20.8 Å². The second-order valence-corrected chi connectivity index (χ2v) is 5.46. The molecule has 0 saturated carbocycles. The van der Waals surface area contributed by atoms with Gasteiger partial charge in [0.25, 0.3) is 0 Å². The smallest absolute Gasteiger partial charge is 0.222 e. The highest BCUT2D eigenvalue weighted by atomic mass is 16.2. The third-order valence-electron chi connectivity index (χ3n) is 4.06. The van der Waals surface area contributed by atoms with Crippen LogP contribution in [0.15, 0.2) is 0 Å². The predicted molar refractivity (Wildman–Crippen MR) is 76.5 cm³/mol. The summed E-state index contributed by atoms with van der Waals surface area (Å²) in [5.74, 6) is 1.84. The van der Waals surface area contributed by atoms with E-state index < -0.39 is 0 Å². The van der Waals surface area contributed by atoms with Gasteiger partial charge in [-0.3, -0.25) is 4.79 Å². The van der Waals surface area contributed by atoms with E-state index in [0.29, 0.717) is 11.8 Å². The zero-order chi connectivity index (χ0) is 13.4. The van der Waals surface area contributed by atoms with Crippen LogP contribution in [0.25, 0.3) is 0 Å². The van der Waals surface area contributed by atoms with E-state index in [-0.39, 0.29) is 0 Å². The Bertz CT molecular complexity index is 229. The van der Waals surface area contributed by atoms with Crippen molar-refractivity contribution in [2.75, 3.05) is 26.2 Å². The molecule has 1 amide bonds. The van der Waals surface area contributed by atoms with E-state index in [1.807, 2.05) is 13.8 Å². The molecule has 2 saturated heterocycles. The zero-order valence-corrected chi connectivity index (χ0v) is 12.4. The second kappa shape index (κ2) is 8.52. The molecule has 1 N–H and O–H groups in total. The van der Waals surface area contributed by atoms with E-state index in [2.05, 4.69) is 17.1 Å². The summed E-state index contributed by atoms with van der Waals surface area (Å²) >= 11 is 0. The lowest BCUT2D eigenvalue weighted by Crippen LogP contribution is -2.39. The lowest BCUT2D eigenvalue weighted by Gasteiger charge is -2.32. The van der Waals surface area contributed by atoms with Crippen molar-refractivity contribution < 1.29 is 4.79 Å². The number of carbonyl (C=O) groups excluding carboxylic acids is 1. The summed E-state index contributed by atoms with van der Waals surface area (Å²) < 4.78 is 0. The van der Waals surface area contributed by atoms with Crippen LogP contribution in [-0.4, -0.2) is 37.0 Å². The molecule has 0 aliphatic carbocycles. The number of hydrogen-bond donors (Lipinski definition) is 1. The molecule has 0 unspecified atom stereocenters. The Hall–Kier alpha value is -0.570. The molecule has 0 radical (unpaired) electrons. The number of hydrogen-bond acceptors (Lipinski definition) is 2. The summed E-state index contributed by atoms with van der Waals surface area (Å²) in [7, 11) is 0. The molecule has 2 fully saturated rings. The maximum absolute atomic E-state index is 12.1. The zero-order valence-electron chi connectivity index (χ0n) is 12.4. The number of nitrogens with one attached hydrogen (secondary N) is 1. The summed E-state index contributed by atoms with van der Waals surface area (Å²) in [6, 6.07) is 0. The topological polar surface area (TPSA) is 32.3 Å². The average Bonchev–Trinajstić information content (AvgIpc) is 2.43. The van der Waals surface area contributed by atoms with Gasteiger partial charge in [0.15, 0.2) is 0 Å². The van der Waals surface area contributed by atoms with Crippen LogP contribution in [0, 0.1) is 11.8 Å². The fraction of sp³-hybridized carbons (Fsp3) is 0.933. The molecule has 2 rings (SSSR count). The average molecular weight is 254 g/mol. The SMILES string of the molecule is CC.CC1CCN(C(=O)CC2CCNCC2)CC1. The van der Waals surface area contributed by atoms with Crippen molar-refractivity contribution in [2.24, 2.45) is 11.8 Å². The van der Waals surface area contributed by atoms with Gasteiger partial charge < -0.3 is 10.2 Å². The van der Waals surface area contributed by atoms with Gasteiger partial charge in [-0.2, -0.15) is 0 Å². The van der Waals surface area contributed by atoms with Gasteiger partial charge in [0, 0.05) is 19.5 Å². The van der Waals surface area contributed by atoms with Crippen molar-refractivity contribution in [2.45, 2.75) is 52.9 Å². The number of likely N-dealkylation sites (tertiary alicyclic amines) is 1. The van der Waals surface area contributed by atoms with E-state index >= 15 is 0 Å². The van der Waals surface area contributed by atoms with Gasteiger partial charge in [-0.25, -0.2) is 0 Å². The normalized spacial score (nSPS) is 22.3. The van der Waals surface area contributed by atoms with Crippen molar-refractivity contribution in [1.29, 1.82) is 0 Å². The third-order valence-corrected chi connectivity index (χ3v) is 4.06. The molecule has 0 aromatic carbocycles. The van der Waals surface area contributed by atoms with Gasteiger partial charge in [0.2, 0.25) is 5.91 Å². The summed E-state index contributed by atoms with van der Waals surface area (Å²) in [4.78, 5) is 14.2. The van der Waals surface area contributed by atoms with E-state index in [4.69, 9.17) is 0 Å². The molecule has 0 aromatic heterocycles. The Balaban J connectivity index is 0.000000771. The summed E-state index contributed by atoms with van der Waals surface area (Å²) in [6.45, 7) is 10.5. The lowest BCUT2D eigenvalue weighted by atomic mass is 9.93. The van der Waals surface area contributed by atoms with Crippen LogP contribution >= 0.6 is 0 Å². The molecule has 0 spiro atoms. The minimum atomic E-state index is 0.402. The van der Waals surface area contributed by atoms with Gasteiger partial charge >= 0.3 is 0 Å². The molecule has 0 bridgehead atoms. The highest BCUT2D eigenvalue weighted by Crippen LogP contribution is 2.21. The Morgan fingerprint density at radius 2 is 1.67 bits per heavy atom. The van der Waals surface area contributed by atoms with Crippen LogP contribution < -0.4 is 5.32 Å². The Morgan fingerprint density at radius 3 is 2.22 bits per heavy atom. The first-order valence-corrected chi connectivity index (χ1v) is 7.74. The van der Waals surface area contributed by atoms with Crippen molar-refractivity contribution in [3.63, 3.8) is 0 Å². The predicted octanol–water partition coefficient (Wildman–Crippen LogP) is 2.66.